The van der Waals surface area contributed by atoms with Gasteiger partial charge < -0.3 is 4.42 Å². The Morgan fingerprint density at radius 3 is 2.62 bits per heavy atom. The fraction of sp³-hybridized carbons (Fsp3) is 0.385. The van der Waals surface area contributed by atoms with Crippen molar-refractivity contribution in [3.63, 3.8) is 0 Å². The number of carbonyl (C=O) groups is 1. The van der Waals surface area contributed by atoms with E-state index in [9.17, 15) is 27.2 Å². The third kappa shape index (κ3) is 2.57. The van der Waals surface area contributed by atoms with Gasteiger partial charge in [-0.1, -0.05) is 6.92 Å². The van der Waals surface area contributed by atoms with E-state index >= 15 is 0 Å². The number of Topliss-reactive ketones (excluding diaryl/α,β-unsaturated/α-hetero) is 1. The Balaban J connectivity index is 2.50. The maximum Gasteiger partial charge on any atom is 0.419 e. The second-order valence-electron chi connectivity index (χ2n) is 4.45. The summed E-state index contributed by atoms with van der Waals surface area (Å²) in [5.41, 5.74) is -0.409. The average molecular weight is 305 g/mol. The van der Waals surface area contributed by atoms with Crippen LogP contribution in [0, 0.1) is 0 Å². The van der Waals surface area contributed by atoms with Crippen LogP contribution in [0.2, 0.25) is 0 Å². The fourth-order valence-corrected chi connectivity index (χ4v) is 1.93. The van der Waals surface area contributed by atoms with E-state index in [4.69, 9.17) is 4.42 Å². The zero-order valence-electron chi connectivity index (χ0n) is 10.9. The molecule has 4 nitrogen and oxygen atoms in total. The normalized spacial score (nSPS) is 12.3. The highest BCUT2D eigenvalue weighted by atomic mass is 19.3. The lowest BCUT2D eigenvalue weighted by Gasteiger charge is -2.13. The molecule has 8 heteroatoms. The van der Waals surface area contributed by atoms with Crippen molar-refractivity contribution in [1.29, 1.82) is 0 Å². The second-order valence-corrected chi connectivity index (χ2v) is 4.45. The molecular weight excluding hydrogens is 294 g/mol. The van der Waals surface area contributed by atoms with Crippen molar-refractivity contribution in [3.05, 3.63) is 34.3 Å². The van der Waals surface area contributed by atoms with E-state index in [1.807, 2.05) is 6.92 Å². The van der Waals surface area contributed by atoms with E-state index in [0.717, 1.165) is 12.1 Å². The minimum absolute atomic E-state index is 0.0932. The number of hydrogen-bond donors (Lipinski definition) is 0. The lowest BCUT2D eigenvalue weighted by Crippen LogP contribution is -2.36. The van der Waals surface area contributed by atoms with Gasteiger partial charge >= 0.3 is 18.1 Å². The standard InChI is InChI=1S/C13H11F4NO3/c1-2-5-18-8-4-3-7(6-9(8)21-12(18)20)10(19)13(16,17)11(14)15/h3-4,6,11H,2,5H2,1H3. The van der Waals surface area contributed by atoms with Crippen LogP contribution >= 0.6 is 0 Å². The predicted octanol–water partition coefficient (Wildman–Crippen LogP) is 3.09. The minimum atomic E-state index is -4.78. The van der Waals surface area contributed by atoms with E-state index in [1.54, 1.807) is 0 Å². The summed E-state index contributed by atoms with van der Waals surface area (Å²) in [4.78, 5) is 23.0. The van der Waals surface area contributed by atoms with Gasteiger partial charge in [0.25, 0.3) is 0 Å². The first kappa shape index (κ1) is 15.3. The van der Waals surface area contributed by atoms with Gasteiger partial charge in [-0.3, -0.25) is 9.36 Å². The summed E-state index contributed by atoms with van der Waals surface area (Å²) in [5, 5.41) is 0. The second kappa shape index (κ2) is 5.34. The molecule has 1 heterocycles. The topological polar surface area (TPSA) is 52.2 Å². The van der Waals surface area contributed by atoms with E-state index in [-0.39, 0.29) is 5.58 Å². The number of rotatable bonds is 5. The lowest BCUT2D eigenvalue weighted by atomic mass is 10.1. The van der Waals surface area contributed by atoms with Gasteiger partial charge in [0.15, 0.2) is 5.58 Å². The quantitative estimate of drug-likeness (QED) is 0.630. The number of hydrogen-bond acceptors (Lipinski definition) is 3. The van der Waals surface area contributed by atoms with Crippen LogP contribution in [0.15, 0.2) is 27.4 Å². The van der Waals surface area contributed by atoms with Crippen molar-refractivity contribution in [2.24, 2.45) is 0 Å². The Morgan fingerprint density at radius 2 is 2.05 bits per heavy atom. The molecule has 0 saturated heterocycles. The van der Waals surface area contributed by atoms with Crippen LogP contribution in [0.1, 0.15) is 23.7 Å². The molecule has 0 spiro atoms. The highest BCUT2D eigenvalue weighted by Gasteiger charge is 2.49. The molecule has 0 fully saturated rings. The van der Waals surface area contributed by atoms with Crippen LogP contribution in [0.3, 0.4) is 0 Å². The Kier molecular flexibility index (Phi) is 3.89. The van der Waals surface area contributed by atoms with Crippen LogP contribution in [0.5, 0.6) is 0 Å². The highest BCUT2D eigenvalue weighted by molar-refractivity contribution is 6.03. The van der Waals surface area contributed by atoms with Crippen LogP contribution in [-0.4, -0.2) is 22.7 Å². The predicted molar refractivity (Wildman–Crippen MR) is 66.0 cm³/mol. The zero-order chi connectivity index (χ0) is 15.8. The summed E-state index contributed by atoms with van der Waals surface area (Å²) in [6.45, 7) is 2.18. The number of benzene rings is 1. The Hall–Kier alpha value is -2.12. The maximum absolute atomic E-state index is 13.0. The first-order valence-electron chi connectivity index (χ1n) is 6.13. The number of carbonyl (C=O) groups excluding carboxylic acids is 1. The van der Waals surface area contributed by atoms with Crippen molar-refractivity contribution < 1.29 is 26.8 Å². The van der Waals surface area contributed by atoms with E-state index < -0.39 is 29.5 Å². The number of alkyl halides is 4. The maximum atomic E-state index is 13.0. The molecule has 2 rings (SSSR count). The van der Waals surface area contributed by atoms with Crippen LogP contribution < -0.4 is 5.76 Å². The summed E-state index contributed by atoms with van der Waals surface area (Å²) in [7, 11) is 0. The number of oxazole rings is 1. The van der Waals surface area contributed by atoms with Gasteiger partial charge in [-0.05, 0) is 24.6 Å². The summed E-state index contributed by atoms with van der Waals surface area (Å²) in [5.74, 6) is -7.48. The molecule has 0 aliphatic carbocycles. The van der Waals surface area contributed by atoms with E-state index in [2.05, 4.69) is 0 Å². The molecule has 0 N–H and O–H groups in total. The molecule has 0 bridgehead atoms. The fourth-order valence-electron chi connectivity index (χ4n) is 1.93. The van der Waals surface area contributed by atoms with Crippen LogP contribution in [0.25, 0.3) is 11.1 Å². The number of aromatic nitrogens is 1. The molecule has 0 unspecified atom stereocenters. The third-order valence-corrected chi connectivity index (χ3v) is 2.95. The van der Waals surface area contributed by atoms with Gasteiger partial charge in [-0.2, -0.15) is 8.78 Å². The minimum Gasteiger partial charge on any atom is -0.408 e. The van der Waals surface area contributed by atoms with Gasteiger partial charge in [-0.15, -0.1) is 0 Å². The molecule has 114 valence electrons. The SMILES string of the molecule is CCCn1c(=O)oc2cc(C(=O)C(F)(F)C(F)F)ccc21. The molecule has 0 aliphatic heterocycles. The number of ketones is 1. The van der Waals surface area contributed by atoms with Gasteiger partial charge in [0, 0.05) is 12.1 Å². The van der Waals surface area contributed by atoms with Gasteiger partial charge in [0.1, 0.15) is 0 Å². The summed E-state index contributed by atoms with van der Waals surface area (Å²) >= 11 is 0. The van der Waals surface area contributed by atoms with Crippen molar-refractivity contribution in [2.75, 3.05) is 0 Å². The molecule has 1 aromatic heterocycles. The van der Waals surface area contributed by atoms with Crippen LogP contribution in [-0.2, 0) is 6.54 Å². The highest BCUT2D eigenvalue weighted by Crippen LogP contribution is 2.28. The molecule has 2 aromatic rings. The number of fused-ring (bicyclic) bond motifs is 1. The first-order valence-corrected chi connectivity index (χ1v) is 6.13. The Morgan fingerprint density at radius 1 is 1.38 bits per heavy atom. The number of halogens is 4. The van der Waals surface area contributed by atoms with Crippen molar-refractivity contribution in [2.45, 2.75) is 32.2 Å². The summed E-state index contributed by atoms with van der Waals surface area (Å²) in [6, 6.07) is 3.08. The van der Waals surface area contributed by atoms with E-state index in [1.165, 1.54) is 10.6 Å². The summed E-state index contributed by atoms with van der Waals surface area (Å²) in [6.07, 6.45) is -3.46. The third-order valence-electron chi connectivity index (χ3n) is 2.95. The van der Waals surface area contributed by atoms with Crippen molar-refractivity contribution >= 4 is 16.9 Å². The smallest absolute Gasteiger partial charge is 0.408 e. The average Bonchev–Trinajstić information content (AvgIpc) is 2.73. The number of aryl methyl sites for hydroxylation is 1. The van der Waals surface area contributed by atoms with Gasteiger partial charge in [0.2, 0.25) is 5.78 Å². The van der Waals surface area contributed by atoms with Gasteiger partial charge in [0.05, 0.1) is 5.52 Å². The van der Waals surface area contributed by atoms with E-state index in [0.29, 0.717) is 18.5 Å². The molecule has 0 atom stereocenters. The molecule has 0 amide bonds. The molecule has 1 aromatic carbocycles. The Labute approximate surface area is 116 Å². The largest absolute Gasteiger partial charge is 0.419 e. The van der Waals surface area contributed by atoms with Crippen molar-refractivity contribution in [3.8, 4) is 0 Å². The van der Waals surface area contributed by atoms with Gasteiger partial charge in [-0.25, -0.2) is 13.6 Å². The molecule has 21 heavy (non-hydrogen) atoms. The van der Waals surface area contributed by atoms with Crippen LogP contribution in [0.4, 0.5) is 17.6 Å². The summed E-state index contributed by atoms with van der Waals surface area (Å²) < 4.78 is 56.5. The lowest BCUT2D eigenvalue weighted by molar-refractivity contribution is -0.0958. The first-order chi connectivity index (χ1) is 9.78. The van der Waals surface area contributed by atoms with Crippen molar-refractivity contribution in [1.82, 2.24) is 4.57 Å². The molecule has 0 aliphatic rings. The number of nitrogens with zero attached hydrogens (tertiary/aromatic N) is 1. The Bertz CT molecular complexity index is 733. The molecular formula is C13H11F4NO3. The molecule has 0 saturated carbocycles. The monoisotopic (exact) mass is 305 g/mol. The molecule has 0 radical (unpaired) electrons. The zero-order valence-corrected chi connectivity index (χ0v) is 10.9.